The lowest BCUT2D eigenvalue weighted by Crippen LogP contribution is -2.31. The summed E-state index contributed by atoms with van der Waals surface area (Å²) in [5.41, 5.74) is 3.25. The first kappa shape index (κ1) is 35.6. The molecule has 1 fully saturated rings. The molecule has 1 amide bonds. The molecule has 0 spiro atoms. The summed E-state index contributed by atoms with van der Waals surface area (Å²) in [6.07, 6.45) is 2.93. The summed E-state index contributed by atoms with van der Waals surface area (Å²) < 4.78 is 17.1. The number of pyridine rings is 1. The van der Waals surface area contributed by atoms with Crippen LogP contribution in [0.15, 0.2) is 18.2 Å². The van der Waals surface area contributed by atoms with Crippen LogP contribution < -0.4 is 19.7 Å². The molecule has 11 nitrogen and oxygen atoms in total. The van der Waals surface area contributed by atoms with Crippen molar-refractivity contribution < 1.29 is 28.6 Å². The van der Waals surface area contributed by atoms with Gasteiger partial charge in [-0.1, -0.05) is 20.8 Å². The first-order valence-electron chi connectivity index (χ1n) is 15.5. The van der Waals surface area contributed by atoms with Crippen LogP contribution in [0.3, 0.4) is 0 Å². The van der Waals surface area contributed by atoms with Crippen molar-refractivity contribution in [3.8, 4) is 11.5 Å². The van der Waals surface area contributed by atoms with Gasteiger partial charge in [-0.15, -0.1) is 12.4 Å². The van der Waals surface area contributed by atoms with Gasteiger partial charge in [-0.2, -0.15) is 0 Å². The molecule has 0 aliphatic carbocycles. The van der Waals surface area contributed by atoms with Gasteiger partial charge in [-0.25, -0.2) is 4.98 Å². The van der Waals surface area contributed by atoms with Crippen LogP contribution in [0.25, 0.3) is 0 Å². The lowest BCUT2D eigenvalue weighted by Gasteiger charge is -2.30. The maximum Gasteiger partial charge on any atom is 0.305 e. The number of anilines is 1. The molecule has 45 heavy (non-hydrogen) atoms. The number of rotatable bonds is 13. The summed E-state index contributed by atoms with van der Waals surface area (Å²) in [5, 5.41) is 11.4. The number of amides is 1. The number of ether oxygens (including phenoxy) is 3. The second kappa shape index (κ2) is 15.4. The van der Waals surface area contributed by atoms with Crippen molar-refractivity contribution in [3.63, 3.8) is 0 Å². The Morgan fingerprint density at radius 1 is 1.04 bits per heavy atom. The number of ketones is 1. The molecule has 2 aliphatic rings. The standard InChI is InChI=1S/C33H45N5O6.ClH/c1-7-42-26-18-22-19-38(31(34)28(22)36-29(26)32(41)35-6)20-25(39)21-16-23(33(3,4)5)30(24(17-21)37-13-9-10-14-37)44-15-11-12-27(40)43-8-2;/h16-18,34H,7-15,19-20H2,1-6H3,(H,35,41);1H. The molecule has 2 N–H and O–H groups in total. The fraction of sp³-hybridized carbons (Fsp3) is 0.545. The third kappa shape index (κ3) is 8.25. The van der Waals surface area contributed by atoms with Gasteiger partial charge in [0.15, 0.2) is 17.2 Å². The van der Waals surface area contributed by atoms with Gasteiger partial charge in [0, 0.05) is 49.8 Å². The van der Waals surface area contributed by atoms with Crippen LogP contribution in [0.4, 0.5) is 5.69 Å². The number of esters is 1. The fourth-order valence-corrected chi connectivity index (χ4v) is 5.54. The molecule has 4 rings (SSSR count). The average molecular weight is 644 g/mol. The Bertz CT molecular complexity index is 1420. The Balaban J connectivity index is 0.00000552. The lowest BCUT2D eigenvalue weighted by atomic mass is 9.84. The number of nitrogens with zero attached hydrogens (tertiary/aromatic N) is 3. The molecule has 3 heterocycles. The van der Waals surface area contributed by atoms with E-state index in [1.54, 1.807) is 17.9 Å². The van der Waals surface area contributed by atoms with E-state index in [4.69, 9.17) is 19.6 Å². The monoisotopic (exact) mass is 643 g/mol. The lowest BCUT2D eigenvalue weighted by molar-refractivity contribution is -0.143. The number of halogens is 1. The normalized spacial score (nSPS) is 14.1. The van der Waals surface area contributed by atoms with Crippen LogP contribution in [-0.2, 0) is 21.5 Å². The van der Waals surface area contributed by atoms with Gasteiger partial charge >= 0.3 is 5.97 Å². The highest BCUT2D eigenvalue weighted by Crippen LogP contribution is 2.42. The van der Waals surface area contributed by atoms with Gasteiger partial charge in [-0.05, 0) is 56.7 Å². The van der Waals surface area contributed by atoms with Crippen molar-refractivity contribution in [3.05, 3.63) is 46.3 Å². The summed E-state index contributed by atoms with van der Waals surface area (Å²) in [7, 11) is 1.52. The van der Waals surface area contributed by atoms with E-state index in [-0.39, 0.29) is 54.1 Å². The number of carbonyl (C=O) groups excluding carboxylic acids is 3. The number of hydrogen-bond donors (Lipinski definition) is 2. The zero-order valence-electron chi connectivity index (χ0n) is 27.2. The fourth-order valence-electron chi connectivity index (χ4n) is 5.54. The van der Waals surface area contributed by atoms with Gasteiger partial charge in [0.1, 0.15) is 17.3 Å². The minimum atomic E-state index is -0.397. The highest BCUT2D eigenvalue weighted by molar-refractivity contribution is 6.06. The zero-order valence-corrected chi connectivity index (χ0v) is 28.0. The molecule has 246 valence electrons. The molecule has 1 aromatic heterocycles. The molecule has 2 aromatic rings. The summed E-state index contributed by atoms with van der Waals surface area (Å²) in [5.74, 6) is 0.436. The predicted octanol–water partition coefficient (Wildman–Crippen LogP) is 4.91. The number of aromatic nitrogens is 1. The minimum Gasteiger partial charge on any atom is -0.491 e. The molecule has 0 radical (unpaired) electrons. The van der Waals surface area contributed by atoms with Crippen LogP contribution in [0.5, 0.6) is 11.5 Å². The third-order valence-electron chi connectivity index (χ3n) is 7.77. The van der Waals surface area contributed by atoms with Crippen LogP contribution in [0.2, 0.25) is 0 Å². The Labute approximate surface area is 271 Å². The Morgan fingerprint density at radius 3 is 2.38 bits per heavy atom. The van der Waals surface area contributed by atoms with E-state index in [1.165, 1.54) is 7.05 Å². The van der Waals surface area contributed by atoms with Gasteiger partial charge < -0.3 is 29.3 Å². The molecular weight excluding hydrogens is 598 g/mol. The Hall–Kier alpha value is -3.86. The van der Waals surface area contributed by atoms with Crippen molar-refractivity contribution in [2.24, 2.45) is 0 Å². The van der Waals surface area contributed by atoms with Crippen LogP contribution in [0.1, 0.15) is 98.0 Å². The Kier molecular flexibility index (Phi) is 12.2. The van der Waals surface area contributed by atoms with Crippen LogP contribution in [0, 0.1) is 5.41 Å². The molecule has 0 unspecified atom stereocenters. The second-order valence-electron chi connectivity index (χ2n) is 12.1. The minimum absolute atomic E-state index is 0. The maximum absolute atomic E-state index is 13.9. The van der Waals surface area contributed by atoms with Gasteiger partial charge in [0.2, 0.25) is 0 Å². The molecule has 12 heteroatoms. The number of nitrogens with one attached hydrogen (secondary N) is 2. The molecule has 2 aliphatic heterocycles. The van der Waals surface area contributed by atoms with Crippen molar-refractivity contribution in [1.29, 1.82) is 5.41 Å². The van der Waals surface area contributed by atoms with Crippen molar-refractivity contribution in [2.75, 3.05) is 51.4 Å². The van der Waals surface area contributed by atoms with E-state index >= 15 is 0 Å². The number of carbonyl (C=O) groups is 3. The third-order valence-corrected chi connectivity index (χ3v) is 7.77. The van der Waals surface area contributed by atoms with Gasteiger partial charge in [-0.3, -0.25) is 19.8 Å². The number of amidine groups is 1. The smallest absolute Gasteiger partial charge is 0.305 e. The first-order chi connectivity index (χ1) is 21.0. The van der Waals surface area contributed by atoms with Crippen LogP contribution in [-0.4, -0.2) is 79.9 Å². The zero-order chi connectivity index (χ0) is 32.0. The number of hydrogen-bond acceptors (Lipinski definition) is 9. The molecule has 1 aromatic carbocycles. The van der Waals surface area contributed by atoms with E-state index in [0.717, 1.165) is 48.5 Å². The molecular formula is C33H46ClN5O6. The molecule has 0 saturated carbocycles. The average Bonchev–Trinajstić information content (AvgIpc) is 3.62. The summed E-state index contributed by atoms with van der Waals surface area (Å²) >= 11 is 0. The van der Waals surface area contributed by atoms with Crippen molar-refractivity contribution >= 4 is 41.6 Å². The number of benzene rings is 1. The number of Topliss-reactive ketones (excluding diaryl/α,β-unsaturated/α-hetero) is 1. The van der Waals surface area contributed by atoms with E-state index in [1.807, 2.05) is 19.1 Å². The van der Waals surface area contributed by atoms with Crippen molar-refractivity contribution in [2.45, 2.75) is 72.3 Å². The maximum atomic E-state index is 13.9. The summed E-state index contributed by atoms with van der Waals surface area (Å²) in [4.78, 5) is 46.6. The summed E-state index contributed by atoms with van der Waals surface area (Å²) in [6.45, 7) is 13.0. The first-order valence-corrected chi connectivity index (χ1v) is 15.5. The van der Waals surface area contributed by atoms with E-state index in [2.05, 4.69) is 36.0 Å². The van der Waals surface area contributed by atoms with Crippen molar-refractivity contribution in [1.82, 2.24) is 15.2 Å². The SMILES string of the molecule is CCOC(=O)CCCOc1c(N2CCCC2)cc(C(=O)CN2Cc3cc(OCC)c(C(=O)NC)nc3C2=N)cc1C(C)(C)C.Cl. The highest BCUT2D eigenvalue weighted by atomic mass is 35.5. The second-order valence-corrected chi connectivity index (χ2v) is 12.1. The van der Waals surface area contributed by atoms with Crippen LogP contribution >= 0.6 is 12.4 Å². The largest absolute Gasteiger partial charge is 0.491 e. The van der Waals surface area contributed by atoms with E-state index in [0.29, 0.717) is 49.8 Å². The molecule has 1 saturated heterocycles. The highest BCUT2D eigenvalue weighted by Gasteiger charge is 2.32. The summed E-state index contributed by atoms with van der Waals surface area (Å²) in [6, 6.07) is 5.56. The quantitative estimate of drug-likeness (QED) is 0.177. The van der Waals surface area contributed by atoms with E-state index < -0.39 is 5.91 Å². The Morgan fingerprint density at radius 2 is 1.76 bits per heavy atom. The number of fused-ring (bicyclic) bond motifs is 1. The van der Waals surface area contributed by atoms with Gasteiger partial charge in [0.05, 0.1) is 32.1 Å². The predicted molar refractivity (Wildman–Crippen MR) is 176 cm³/mol. The topological polar surface area (TPSA) is 134 Å². The van der Waals surface area contributed by atoms with Gasteiger partial charge in [0.25, 0.3) is 5.91 Å². The molecule has 0 bridgehead atoms. The molecule has 0 atom stereocenters. The van der Waals surface area contributed by atoms with E-state index in [9.17, 15) is 14.4 Å².